The highest BCUT2D eigenvalue weighted by Gasteiger charge is 2.22. The Hall–Kier alpha value is -1.05. The van der Waals surface area contributed by atoms with Gasteiger partial charge in [-0.25, -0.2) is 0 Å². The number of aliphatic imine (C=N–C) groups is 1. The van der Waals surface area contributed by atoms with E-state index in [1.807, 2.05) is 0 Å². The number of rotatable bonds is 14. The molecular formula is C22H38N2. The zero-order chi connectivity index (χ0) is 16.9. The third kappa shape index (κ3) is 7.23. The average Bonchev–Trinajstić information content (AvgIpc) is 3.26. The molecule has 2 aliphatic rings. The van der Waals surface area contributed by atoms with Crippen LogP contribution in [0.5, 0.6) is 0 Å². The fraction of sp³-hybridized carbons (Fsp3) is 0.773. The van der Waals surface area contributed by atoms with Crippen molar-refractivity contribution in [3.63, 3.8) is 0 Å². The normalized spacial score (nSPS) is 17.2. The third-order valence-electron chi connectivity index (χ3n) is 5.30. The van der Waals surface area contributed by atoms with Crippen molar-refractivity contribution in [2.75, 3.05) is 19.6 Å². The number of nitrogens with zero attached hydrogens (tertiary/aromatic N) is 2. The van der Waals surface area contributed by atoms with Gasteiger partial charge in [0.15, 0.2) is 0 Å². The molecule has 0 fully saturated rings. The first-order valence-electron chi connectivity index (χ1n) is 10.6. The van der Waals surface area contributed by atoms with E-state index in [-0.39, 0.29) is 0 Å². The minimum absolute atomic E-state index is 0.449. The highest BCUT2D eigenvalue weighted by Crippen LogP contribution is 2.18. The Morgan fingerprint density at radius 1 is 0.833 bits per heavy atom. The smallest absolute Gasteiger partial charge is 0.110 e. The van der Waals surface area contributed by atoms with E-state index in [9.17, 15) is 0 Å². The van der Waals surface area contributed by atoms with Gasteiger partial charge in [-0.15, -0.1) is 0 Å². The van der Waals surface area contributed by atoms with Gasteiger partial charge in [-0.1, -0.05) is 102 Å². The molecule has 0 aromatic carbocycles. The van der Waals surface area contributed by atoms with Crippen LogP contribution in [0.4, 0.5) is 0 Å². The molecule has 0 unspecified atom stereocenters. The summed E-state index contributed by atoms with van der Waals surface area (Å²) in [7, 11) is 0. The molecule has 1 heterocycles. The zero-order valence-corrected chi connectivity index (χ0v) is 15.9. The first kappa shape index (κ1) is 19.3. The molecule has 2 heteroatoms. The SMILES string of the molecule is CCCCCCCCCCCCCCN1CCN=C1C1C=CC=C1. The summed E-state index contributed by atoms with van der Waals surface area (Å²) in [4.78, 5) is 7.23. The van der Waals surface area contributed by atoms with E-state index in [0.29, 0.717) is 5.92 Å². The summed E-state index contributed by atoms with van der Waals surface area (Å²) in [5, 5.41) is 0. The van der Waals surface area contributed by atoms with Gasteiger partial charge in [-0.2, -0.15) is 0 Å². The molecule has 0 aromatic rings. The number of hydrogen-bond donors (Lipinski definition) is 0. The van der Waals surface area contributed by atoms with E-state index in [2.05, 4.69) is 36.1 Å². The van der Waals surface area contributed by atoms with Crippen molar-refractivity contribution >= 4 is 5.84 Å². The lowest BCUT2D eigenvalue weighted by molar-refractivity contribution is 0.421. The van der Waals surface area contributed by atoms with E-state index < -0.39 is 0 Å². The van der Waals surface area contributed by atoms with Crippen molar-refractivity contribution in [1.82, 2.24) is 4.90 Å². The molecule has 0 saturated heterocycles. The summed E-state index contributed by atoms with van der Waals surface area (Å²) in [6.45, 7) is 5.62. The lowest BCUT2D eigenvalue weighted by atomic mass is 10.0. The Morgan fingerprint density at radius 3 is 1.96 bits per heavy atom. The molecular weight excluding hydrogens is 292 g/mol. The zero-order valence-electron chi connectivity index (χ0n) is 15.9. The summed E-state index contributed by atoms with van der Waals surface area (Å²) in [5.41, 5.74) is 0. The molecule has 1 aliphatic carbocycles. The summed E-state index contributed by atoms with van der Waals surface area (Å²) < 4.78 is 0. The van der Waals surface area contributed by atoms with Crippen LogP contribution in [-0.2, 0) is 0 Å². The maximum Gasteiger partial charge on any atom is 0.110 e. The van der Waals surface area contributed by atoms with Gasteiger partial charge >= 0.3 is 0 Å². The van der Waals surface area contributed by atoms with Crippen molar-refractivity contribution in [2.24, 2.45) is 10.9 Å². The fourth-order valence-corrected chi connectivity index (χ4v) is 3.79. The lowest BCUT2D eigenvalue weighted by Gasteiger charge is -2.22. The second kappa shape index (κ2) is 12.3. The van der Waals surface area contributed by atoms with Crippen LogP contribution in [0.15, 0.2) is 29.3 Å². The van der Waals surface area contributed by atoms with E-state index in [0.717, 1.165) is 13.1 Å². The molecule has 136 valence electrons. The molecule has 1 aliphatic heterocycles. The van der Waals surface area contributed by atoms with Gasteiger partial charge in [0.25, 0.3) is 0 Å². The second-order valence-corrected chi connectivity index (χ2v) is 7.41. The first-order valence-corrected chi connectivity index (χ1v) is 10.6. The summed E-state index contributed by atoms with van der Waals surface area (Å²) in [6, 6.07) is 0. The van der Waals surface area contributed by atoms with Crippen LogP contribution in [0, 0.1) is 5.92 Å². The van der Waals surface area contributed by atoms with E-state index >= 15 is 0 Å². The molecule has 24 heavy (non-hydrogen) atoms. The Labute approximate surface area is 150 Å². The van der Waals surface area contributed by atoms with Crippen molar-refractivity contribution in [2.45, 2.75) is 84.0 Å². The van der Waals surface area contributed by atoms with Crippen LogP contribution >= 0.6 is 0 Å². The molecule has 0 amide bonds. The van der Waals surface area contributed by atoms with Gasteiger partial charge in [0.2, 0.25) is 0 Å². The summed E-state index contributed by atoms with van der Waals surface area (Å²) in [6.07, 6.45) is 25.9. The molecule has 0 spiro atoms. The number of hydrogen-bond acceptors (Lipinski definition) is 2. The van der Waals surface area contributed by atoms with Gasteiger partial charge in [-0.3, -0.25) is 4.99 Å². The maximum atomic E-state index is 4.71. The summed E-state index contributed by atoms with van der Waals surface area (Å²) in [5.74, 6) is 1.76. The average molecular weight is 331 g/mol. The minimum Gasteiger partial charge on any atom is -0.358 e. The van der Waals surface area contributed by atoms with Crippen LogP contribution < -0.4 is 0 Å². The van der Waals surface area contributed by atoms with Crippen LogP contribution in [0.1, 0.15) is 84.0 Å². The molecule has 2 nitrogen and oxygen atoms in total. The van der Waals surface area contributed by atoms with Crippen molar-refractivity contribution < 1.29 is 0 Å². The third-order valence-corrected chi connectivity index (χ3v) is 5.30. The van der Waals surface area contributed by atoms with Crippen LogP contribution in [0.25, 0.3) is 0 Å². The Morgan fingerprint density at radius 2 is 1.38 bits per heavy atom. The highest BCUT2D eigenvalue weighted by molar-refractivity contribution is 5.89. The van der Waals surface area contributed by atoms with E-state index in [4.69, 9.17) is 4.99 Å². The first-order chi connectivity index (χ1) is 11.9. The topological polar surface area (TPSA) is 15.6 Å². The van der Waals surface area contributed by atoms with E-state index in [1.165, 1.54) is 89.4 Å². The largest absolute Gasteiger partial charge is 0.358 e. The predicted molar refractivity (Wildman–Crippen MR) is 107 cm³/mol. The molecule has 0 aromatic heterocycles. The highest BCUT2D eigenvalue weighted by atomic mass is 15.2. The lowest BCUT2D eigenvalue weighted by Crippen LogP contribution is -2.32. The van der Waals surface area contributed by atoms with Crippen LogP contribution in [-0.4, -0.2) is 30.4 Å². The van der Waals surface area contributed by atoms with Gasteiger partial charge in [0.05, 0.1) is 12.5 Å². The molecule has 0 N–H and O–H groups in total. The quantitative estimate of drug-likeness (QED) is 0.349. The van der Waals surface area contributed by atoms with Crippen LogP contribution in [0.3, 0.4) is 0 Å². The van der Waals surface area contributed by atoms with Crippen molar-refractivity contribution in [3.05, 3.63) is 24.3 Å². The Kier molecular flexibility index (Phi) is 9.91. The second-order valence-electron chi connectivity index (χ2n) is 7.41. The fourth-order valence-electron chi connectivity index (χ4n) is 3.79. The predicted octanol–water partition coefficient (Wildman–Crippen LogP) is 6.14. The number of unbranched alkanes of at least 4 members (excludes halogenated alkanes) is 11. The molecule has 0 bridgehead atoms. The molecule has 2 rings (SSSR count). The monoisotopic (exact) mass is 330 g/mol. The maximum absolute atomic E-state index is 4.71. The standard InChI is InChI=1S/C22H38N2/c1-2-3-4-5-6-7-8-9-10-11-12-15-19-24-20-18-23-22(24)21-16-13-14-17-21/h13-14,16-17,21H,2-12,15,18-20H2,1H3. The van der Waals surface area contributed by atoms with Gasteiger partial charge in [0, 0.05) is 13.1 Å². The number of amidine groups is 1. The minimum atomic E-state index is 0.449. The van der Waals surface area contributed by atoms with Crippen molar-refractivity contribution in [1.29, 1.82) is 0 Å². The van der Waals surface area contributed by atoms with Gasteiger partial charge in [-0.05, 0) is 6.42 Å². The van der Waals surface area contributed by atoms with Gasteiger partial charge < -0.3 is 4.90 Å². The molecule has 0 radical (unpaired) electrons. The van der Waals surface area contributed by atoms with Crippen LogP contribution in [0.2, 0.25) is 0 Å². The Bertz CT molecular complexity index is 396. The van der Waals surface area contributed by atoms with Crippen molar-refractivity contribution in [3.8, 4) is 0 Å². The van der Waals surface area contributed by atoms with E-state index in [1.54, 1.807) is 0 Å². The Balaban J connectivity index is 1.40. The number of allylic oxidation sites excluding steroid dienone is 2. The van der Waals surface area contributed by atoms with Gasteiger partial charge in [0.1, 0.15) is 5.84 Å². The molecule has 0 atom stereocenters. The molecule has 0 saturated carbocycles. The summed E-state index contributed by atoms with van der Waals surface area (Å²) >= 11 is 0.